The van der Waals surface area contributed by atoms with Crippen LogP contribution in [0, 0.1) is 0 Å². The van der Waals surface area contributed by atoms with E-state index in [4.69, 9.17) is 19.1 Å². The van der Waals surface area contributed by atoms with E-state index in [1.165, 1.54) is 23.0 Å². The van der Waals surface area contributed by atoms with Crippen LogP contribution < -0.4 is 9.46 Å². The van der Waals surface area contributed by atoms with E-state index >= 15 is 0 Å². The third-order valence-corrected chi connectivity index (χ3v) is 5.88. The van der Waals surface area contributed by atoms with Crippen molar-refractivity contribution < 1.29 is 24.7 Å². The van der Waals surface area contributed by atoms with E-state index in [2.05, 4.69) is 24.8 Å². The topological polar surface area (TPSA) is 115 Å². The van der Waals surface area contributed by atoms with Gasteiger partial charge in [-0.25, -0.2) is 31.6 Å². The minimum atomic E-state index is -4.26. The molecule has 0 aliphatic rings. The Morgan fingerprint density at radius 1 is 1.42 bits per heavy atom. The molecule has 2 N–H and O–H groups in total. The van der Waals surface area contributed by atoms with Crippen LogP contribution >= 0.6 is 11.6 Å². The summed E-state index contributed by atoms with van der Waals surface area (Å²) >= 11 is 6.29. The summed E-state index contributed by atoms with van der Waals surface area (Å²) < 4.78 is 75.8. The summed E-state index contributed by atoms with van der Waals surface area (Å²) in [5, 5.41) is 4.76. The molecule has 0 bridgehead atoms. The SMILES string of the molecule is [2H]C([2H])(c1cnc(NS(=O)(=O)c2c[nH]c3c(-n4cccn4)c(Cl)ccc23)nc1OC)C(F)F. The van der Waals surface area contributed by atoms with E-state index in [0.717, 1.165) is 13.3 Å². The van der Waals surface area contributed by atoms with Crippen LogP contribution in [0.1, 0.15) is 8.30 Å². The molecule has 1 aromatic carbocycles. The van der Waals surface area contributed by atoms with Crippen LogP contribution in [0.2, 0.25) is 5.02 Å². The van der Waals surface area contributed by atoms with Gasteiger partial charge in [0.2, 0.25) is 18.3 Å². The van der Waals surface area contributed by atoms with Gasteiger partial charge in [-0.1, -0.05) is 11.6 Å². The lowest BCUT2D eigenvalue weighted by Gasteiger charge is -2.10. The molecule has 13 heteroatoms. The van der Waals surface area contributed by atoms with Crippen molar-refractivity contribution in [3.63, 3.8) is 0 Å². The van der Waals surface area contributed by atoms with Crippen LogP contribution in [0.15, 0.2) is 47.9 Å². The average Bonchev–Trinajstić information content (AvgIpc) is 3.43. The van der Waals surface area contributed by atoms with Crippen molar-refractivity contribution in [1.29, 1.82) is 0 Å². The van der Waals surface area contributed by atoms with E-state index in [9.17, 15) is 17.2 Å². The van der Waals surface area contributed by atoms with E-state index in [1.54, 1.807) is 18.5 Å². The van der Waals surface area contributed by atoms with Crippen LogP contribution in [0.3, 0.4) is 0 Å². The summed E-state index contributed by atoms with van der Waals surface area (Å²) in [6.07, 6.45) is -1.28. The number of ether oxygens (including phenoxy) is 1. The van der Waals surface area contributed by atoms with Gasteiger partial charge in [0.1, 0.15) is 10.6 Å². The lowest BCUT2D eigenvalue weighted by molar-refractivity contribution is 0.147. The molecule has 3 heterocycles. The Morgan fingerprint density at radius 3 is 2.90 bits per heavy atom. The molecule has 0 amide bonds. The Kier molecular flexibility index (Phi) is 4.85. The molecule has 162 valence electrons. The number of sulfonamides is 1. The van der Waals surface area contributed by atoms with Gasteiger partial charge in [-0.2, -0.15) is 10.1 Å². The number of halogens is 3. The summed E-state index contributed by atoms with van der Waals surface area (Å²) in [6, 6.07) is 4.72. The highest BCUT2D eigenvalue weighted by Crippen LogP contribution is 2.33. The number of methoxy groups -OCH3 is 1. The first-order valence-electron chi connectivity index (χ1n) is 9.58. The quantitative estimate of drug-likeness (QED) is 0.427. The molecule has 0 atom stereocenters. The van der Waals surface area contributed by atoms with Crippen molar-refractivity contribution in [3.8, 4) is 11.6 Å². The number of hydrogen-bond acceptors (Lipinski definition) is 6. The maximum atomic E-state index is 13.1. The molecule has 31 heavy (non-hydrogen) atoms. The summed E-state index contributed by atoms with van der Waals surface area (Å²) in [4.78, 5) is 10.2. The van der Waals surface area contributed by atoms with Crippen molar-refractivity contribution in [1.82, 2.24) is 24.7 Å². The molecule has 0 saturated heterocycles. The number of H-pyrrole nitrogens is 1. The van der Waals surface area contributed by atoms with Gasteiger partial charge in [-0.05, 0) is 18.2 Å². The first-order chi connectivity index (χ1) is 15.6. The van der Waals surface area contributed by atoms with Crippen molar-refractivity contribution >= 4 is 38.5 Å². The van der Waals surface area contributed by atoms with E-state index in [0.29, 0.717) is 21.6 Å². The van der Waals surface area contributed by atoms with E-state index < -0.39 is 40.2 Å². The van der Waals surface area contributed by atoms with Gasteiger partial charge in [0.25, 0.3) is 10.0 Å². The van der Waals surface area contributed by atoms with Gasteiger partial charge in [-0.3, -0.25) is 0 Å². The van der Waals surface area contributed by atoms with Crippen LogP contribution in [-0.2, 0) is 16.4 Å². The normalized spacial score (nSPS) is 13.3. The summed E-state index contributed by atoms with van der Waals surface area (Å²) in [5.74, 6) is -1.02. The first-order valence-corrected chi connectivity index (χ1v) is 10.4. The minimum absolute atomic E-state index is 0.155. The number of benzene rings is 1. The van der Waals surface area contributed by atoms with Gasteiger partial charge in [0, 0.05) is 44.9 Å². The van der Waals surface area contributed by atoms with Crippen molar-refractivity contribution in [2.24, 2.45) is 0 Å². The summed E-state index contributed by atoms with van der Waals surface area (Å²) in [6.45, 7) is 0. The maximum absolute atomic E-state index is 13.1. The van der Waals surface area contributed by atoms with Gasteiger partial charge < -0.3 is 9.72 Å². The Labute approximate surface area is 182 Å². The number of aromatic amines is 1. The molecule has 4 rings (SSSR count). The average molecular weight is 471 g/mol. The molecule has 0 fully saturated rings. The standard InChI is InChI=1S/C18H15ClF2N6O3S/c1-30-17-10(7-14(20)21)8-23-18(25-17)26-31(28,29)13-9-22-15-11(13)3-4-12(19)16(15)27-6-2-5-24-27/h2-6,8-9,14,22H,7H2,1H3,(H,23,25,26)/i7D2. The molecule has 9 nitrogen and oxygen atoms in total. The molecule has 0 radical (unpaired) electrons. The third kappa shape index (κ3) is 4.03. The molecule has 0 saturated carbocycles. The largest absolute Gasteiger partial charge is 0.481 e. The highest BCUT2D eigenvalue weighted by molar-refractivity contribution is 7.93. The number of alkyl halides is 2. The van der Waals surface area contributed by atoms with Crippen molar-refractivity contribution in [3.05, 3.63) is 53.6 Å². The second-order valence-corrected chi connectivity index (χ2v) is 8.15. The van der Waals surface area contributed by atoms with Gasteiger partial charge in [0.15, 0.2) is 0 Å². The van der Waals surface area contributed by atoms with Crippen molar-refractivity contribution in [2.75, 3.05) is 11.8 Å². The van der Waals surface area contributed by atoms with Crippen LogP contribution in [0.5, 0.6) is 5.88 Å². The predicted molar refractivity (Wildman–Crippen MR) is 110 cm³/mol. The Hall–Kier alpha value is -3.25. The first kappa shape index (κ1) is 18.5. The fourth-order valence-electron chi connectivity index (χ4n) is 2.94. The second kappa shape index (κ2) is 8.12. The Balaban J connectivity index is 1.74. The second-order valence-electron chi connectivity index (χ2n) is 6.09. The molecule has 0 aliphatic carbocycles. The molecule has 0 unspecified atom stereocenters. The highest BCUT2D eigenvalue weighted by Gasteiger charge is 2.24. The summed E-state index contributed by atoms with van der Waals surface area (Å²) in [7, 11) is -3.17. The Bertz CT molecular complexity index is 1430. The zero-order chi connectivity index (χ0) is 24.0. The minimum Gasteiger partial charge on any atom is -0.481 e. The molecule has 0 spiro atoms. The molecule has 3 aromatic heterocycles. The number of nitrogens with zero attached hydrogens (tertiary/aromatic N) is 4. The fraction of sp³-hybridized carbons (Fsp3) is 0.167. The van der Waals surface area contributed by atoms with Crippen LogP contribution in [0.4, 0.5) is 14.7 Å². The lowest BCUT2D eigenvalue weighted by Crippen LogP contribution is -2.15. The van der Waals surface area contributed by atoms with Gasteiger partial charge in [-0.15, -0.1) is 0 Å². The zero-order valence-electron chi connectivity index (χ0n) is 17.7. The number of rotatable bonds is 7. The lowest BCUT2D eigenvalue weighted by atomic mass is 10.2. The van der Waals surface area contributed by atoms with Crippen LogP contribution in [-0.4, -0.2) is 46.7 Å². The number of nitrogens with one attached hydrogen (secondary N) is 2. The Morgan fingerprint density at radius 2 is 2.23 bits per heavy atom. The number of anilines is 1. The predicted octanol–water partition coefficient (Wildman–Crippen LogP) is 3.41. The monoisotopic (exact) mass is 470 g/mol. The highest BCUT2D eigenvalue weighted by atomic mass is 35.5. The van der Waals surface area contributed by atoms with Crippen LogP contribution in [0.25, 0.3) is 16.6 Å². The van der Waals surface area contributed by atoms with Crippen molar-refractivity contribution in [2.45, 2.75) is 17.7 Å². The molecule has 0 aliphatic heterocycles. The van der Waals surface area contributed by atoms with E-state index in [1.807, 2.05) is 0 Å². The fourth-order valence-corrected chi connectivity index (χ4v) is 4.31. The number of fused-ring (bicyclic) bond motifs is 1. The molecule has 4 aromatic rings. The molecular weight excluding hydrogens is 454 g/mol. The third-order valence-electron chi connectivity index (χ3n) is 4.20. The van der Waals surface area contributed by atoms with Gasteiger partial charge >= 0.3 is 0 Å². The smallest absolute Gasteiger partial charge is 0.266 e. The summed E-state index contributed by atoms with van der Waals surface area (Å²) in [5.41, 5.74) is 0.233. The molecular formula is C18H15ClF2N6O3S. The number of hydrogen-bond donors (Lipinski definition) is 2. The van der Waals surface area contributed by atoms with Gasteiger partial charge in [0.05, 0.1) is 17.6 Å². The maximum Gasteiger partial charge on any atom is 0.266 e. The number of aromatic nitrogens is 5. The van der Waals surface area contributed by atoms with E-state index in [-0.39, 0.29) is 4.90 Å². The zero-order valence-corrected chi connectivity index (χ0v) is 17.2.